The van der Waals surface area contributed by atoms with E-state index in [1.165, 1.54) is 36.1 Å². The van der Waals surface area contributed by atoms with Gasteiger partial charge in [-0.05, 0) is 62.7 Å². The van der Waals surface area contributed by atoms with Crippen LogP contribution in [-0.4, -0.2) is 35.4 Å². The van der Waals surface area contributed by atoms with E-state index in [1.807, 2.05) is 0 Å². The first-order chi connectivity index (χ1) is 13.1. The molecule has 0 spiro atoms. The van der Waals surface area contributed by atoms with Crippen LogP contribution in [0, 0.1) is 12.7 Å². The summed E-state index contributed by atoms with van der Waals surface area (Å²) in [5, 5.41) is 3.76. The minimum absolute atomic E-state index is 0.164. The summed E-state index contributed by atoms with van der Waals surface area (Å²) in [5.74, 6) is -0.468. The number of nitrogens with zero attached hydrogens (tertiary/aromatic N) is 1. The largest absolute Gasteiger partial charge is 0.351 e. The molecule has 1 saturated heterocycles. The third kappa shape index (κ3) is 3.88. The van der Waals surface area contributed by atoms with Crippen molar-refractivity contribution >= 4 is 16.8 Å². The average Bonchev–Trinajstić information content (AvgIpc) is 3.32. The molecule has 27 heavy (non-hydrogen) atoms. The van der Waals surface area contributed by atoms with Crippen molar-refractivity contribution in [3.63, 3.8) is 0 Å². The van der Waals surface area contributed by atoms with Gasteiger partial charge in [-0.2, -0.15) is 0 Å². The predicted molar refractivity (Wildman–Crippen MR) is 105 cm³/mol. The molecular weight excluding hydrogens is 341 g/mol. The molecule has 1 amide bonds. The van der Waals surface area contributed by atoms with Gasteiger partial charge in [-0.25, -0.2) is 4.39 Å². The van der Waals surface area contributed by atoms with Crippen LogP contribution in [0.25, 0.3) is 10.9 Å². The molecule has 1 aliphatic heterocycles. The first-order valence-corrected chi connectivity index (χ1v) is 9.47. The number of aromatic nitrogens is 1. The topological polar surface area (TPSA) is 48.1 Å². The standard InChI is InChI=1S/C22H24FN3O/c1-15-4-6-16(7-5-15)21(26-10-2-3-11-26)14-24-22(27)20-13-17-12-18(23)8-9-19(17)25-20/h4-9,12-13,21,25H,2-3,10-11,14H2,1H3,(H,24,27). The molecule has 0 bridgehead atoms. The van der Waals surface area contributed by atoms with Crippen molar-refractivity contribution < 1.29 is 9.18 Å². The molecule has 1 unspecified atom stereocenters. The number of hydrogen-bond donors (Lipinski definition) is 2. The van der Waals surface area contributed by atoms with Gasteiger partial charge in [-0.3, -0.25) is 9.69 Å². The highest BCUT2D eigenvalue weighted by molar-refractivity contribution is 5.98. The summed E-state index contributed by atoms with van der Waals surface area (Å²) < 4.78 is 13.4. The quantitative estimate of drug-likeness (QED) is 0.712. The zero-order valence-corrected chi connectivity index (χ0v) is 15.5. The fourth-order valence-corrected chi connectivity index (χ4v) is 3.81. The number of benzene rings is 2. The van der Waals surface area contributed by atoms with Gasteiger partial charge in [-0.1, -0.05) is 29.8 Å². The van der Waals surface area contributed by atoms with Crippen LogP contribution in [-0.2, 0) is 0 Å². The highest BCUT2D eigenvalue weighted by atomic mass is 19.1. The lowest BCUT2D eigenvalue weighted by Crippen LogP contribution is -2.36. The van der Waals surface area contributed by atoms with E-state index in [0.29, 0.717) is 17.6 Å². The molecule has 1 fully saturated rings. The molecule has 1 atom stereocenters. The molecule has 2 N–H and O–H groups in total. The number of aryl methyl sites for hydroxylation is 1. The smallest absolute Gasteiger partial charge is 0.267 e. The first-order valence-electron chi connectivity index (χ1n) is 9.47. The number of aromatic amines is 1. The lowest BCUT2D eigenvalue weighted by Gasteiger charge is -2.28. The summed E-state index contributed by atoms with van der Waals surface area (Å²) in [6.07, 6.45) is 2.40. The molecule has 140 valence electrons. The Bertz CT molecular complexity index is 942. The van der Waals surface area contributed by atoms with Crippen LogP contribution in [0.1, 0.15) is 40.5 Å². The number of rotatable bonds is 5. The van der Waals surface area contributed by atoms with Crippen LogP contribution >= 0.6 is 0 Å². The number of likely N-dealkylation sites (tertiary alicyclic amines) is 1. The van der Waals surface area contributed by atoms with E-state index in [1.54, 1.807) is 12.1 Å². The summed E-state index contributed by atoms with van der Waals surface area (Å²) >= 11 is 0. The van der Waals surface area contributed by atoms with Crippen molar-refractivity contribution in [3.8, 4) is 0 Å². The van der Waals surface area contributed by atoms with Crippen molar-refractivity contribution in [2.75, 3.05) is 19.6 Å². The molecule has 0 saturated carbocycles. The number of halogens is 1. The number of hydrogen-bond acceptors (Lipinski definition) is 2. The number of H-pyrrole nitrogens is 1. The van der Waals surface area contributed by atoms with Crippen LogP contribution in [0.5, 0.6) is 0 Å². The molecule has 1 aromatic heterocycles. The average molecular weight is 365 g/mol. The first kappa shape index (κ1) is 17.7. The van der Waals surface area contributed by atoms with Gasteiger partial charge < -0.3 is 10.3 Å². The molecule has 3 aromatic rings. The van der Waals surface area contributed by atoms with Gasteiger partial charge in [0, 0.05) is 17.4 Å². The monoisotopic (exact) mass is 365 g/mol. The Kier molecular flexibility index (Phi) is 4.94. The summed E-state index contributed by atoms with van der Waals surface area (Å²) in [6, 6.07) is 14.9. The van der Waals surface area contributed by atoms with Gasteiger partial charge in [0.2, 0.25) is 0 Å². The maximum Gasteiger partial charge on any atom is 0.267 e. The van der Waals surface area contributed by atoms with Gasteiger partial charge in [0.25, 0.3) is 5.91 Å². The fourth-order valence-electron chi connectivity index (χ4n) is 3.81. The van der Waals surface area contributed by atoms with Gasteiger partial charge >= 0.3 is 0 Å². The van der Waals surface area contributed by atoms with E-state index in [9.17, 15) is 9.18 Å². The Hall–Kier alpha value is -2.66. The van der Waals surface area contributed by atoms with Crippen LogP contribution in [0.4, 0.5) is 4.39 Å². The highest BCUT2D eigenvalue weighted by Crippen LogP contribution is 2.25. The zero-order chi connectivity index (χ0) is 18.8. The minimum Gasteiger partial charge on any atom is -0.351 e. The van der Waals surface area contributed by atoms with Crippen molar-refractivity contribution in [1.82, 2.24) is 15.2 Å². The molecule has 2 heterocycles. The van der Waals surface area contributed by atoms with Crippen molar-refractivity contribution in [1.29, 1.82) is 0 Å². The highest BCUT2D eigenvalue weighted by Gasteiger charge is 2.24. The molecule has 1 aliphatic rings. The van der Waals surface area contributed by atoms with E-state index in [-0.39, 0.29) is 17.8 Å². The third-order valence-electron chi connectivity index (χ3n) is 5.33. The summed E-state index contributed by atoms with van der Waals surface area (Å²) in [5.41, 5.74) is 3.67. The fraction of sp³-hybridized carbons (Fsp3) is 0.318. The van der Waals surface area contributed by atoms with Crippen LogP contribution in [0.15, 0.2) is 48.5 Å². The minimum atomic E-state index is -0.304. The SMILES string of the molecule is Cc1ccc(C(CNC(=O)c2cc3cc(F)ccc3[nH]2)N2CCCC2)cc1. The third-order valence-corrected chi connectivity index (χ3v) is 5.33. The van der Waals surface area contributed by atoms with Crippen molar-refractivity contribution in [3.05, 3.63) is 71.2 Å². The molecular formula is C22H24FN3O. The summed E-state index contributed by atoms with van der Waals surface area (Å²) in [7, 11) is 0. The maximum absolute atomic E-state index is 13.4. The Morgan fingerprint density at radius 3 is 2.63 bits per heavy atom. The molecule has 0 aliphatic carbocycles. The number of nitrogens with one attached hydrogen (secondary N) is 2. The van der Waals surface area contributed by atoms with E-state index in [0.717, 1.165) is 18.6 Å². The van der Waals surface area contributed by atoms with Gasteiger partial charge in [0.1, 0.15) is 11.5 Å². The lowest BCUT2D eigenvalue weighted by atomic mass is 10.0. The van der Waals surface area contributed by atoms with E-state index < -0.39 is 0 Å². The van der Waals surface area contributed by atoms with Gasteiger partial charge in [0.15, 0.2) is 0 Å². The Morgan fingerprint density at radius 2 is 1.89 bits per heavy atom. The van der Waals surface area contributed by atoms with Crippen molar-refractivity contribution in [2.45, 2.75) is 25.8 Å². The Balaban J connectivity index is 1.50. The van der Waals surface area contributed by atoms with Crippen LogP contribution < -0.4 is 5.32 Å². The predicted octanol–water partition coefficient (Wildman–Crippen LogP) is 4.18. The van der Waals surface area contributed by atoms with Crippen molar-refractivity contribution in [2.24, 2.45) is 0 Å². The van der Waals surface area contributed by atoms with E-state index in [4.69, 9.17) is 0 Å². The lowest BCUT2D eigenvalue weighted by molar-refractivity contribution is 0.0933. The second-order valence-electron chi connectivity index (χ2n) is 7.29. The van der Waals surface area contributed by atoms with E-state index in [2.05, 4.69) is 46.4 Å². The second-order valence-corrected chi connectivity index (χ2v) is 7.29. The van der Waals surface area contributed by atoms with Gasteiger partial charge in [-0.15, -0.1) is 0 Å². The molecule has 5 heteroatoms. The number of carbonyl (C=O) groups is 1. The van der Waals surface area contributed by atoms with E-state index >= 15 is 0 Å². The summed E-state index contributed by atoms with van der Waals surface area (Å²) in [6.45, 7) is 4.74. The molecule has 4 nitrogen and oxygen atoms in total. The number of fused-ring (bicyclic) bond motifs is 1. The van der Waals surface area contributed by atoms with Crippen LogP contribution in [0.3, 0.4) is 0 Å². The Labute approximate surface area is 158 Å². The summed E-state index contributed by atoms with van der Waals surface area (Å²) in [4.78, 5) is 18.2. The Morgan fingerprint density at radius 1 is 1.15 bits per heavy atom. The molecule has 4 rings (SSSR count). The number of carbonyl (C=O) groups excluding carboxylic acids is 1. The van der Waals surface area contributed by atoms with Gasteiger partial charge in [0.05, 0.1) is 6.04 Å². The maximum atomic E-state index is 13.4. The second kappa shape index (κ2) is 7.53. The van der Waals surface area contributed by atoms with Crippen LogP contribution in [0.2, 0.25) is 0 Å². The number of amides is 1. The zero-order valence-electron chi connectivity index (χ0n) is 15.5. The molecule has 0 radical (unpaired) electrons. The normalized spacial score (nSPS) is 15.9. The molecule has 2 aromatic carbocycles.